The Hall–Kier alpha value is -2.42. The average molecular weight is 420 g/mol. The molecule has 1 aliphatic carbocycles. The van der Waals surface area contributed by atoms with Crippen LogP contribution in [0.15, 0.2) is 29.4 Å². The second-order valence-corrected chi connectivity index (χ2v) is 8.53. The number of aromatic nitrogens is 3. The number of halogens is 1. The van der Waals surface area contributed by atoms with Gasteiger partial charge in [0.05, 0.1) is 17.4 Å². The molecule has 7 nitrogen and oxygen atoms in total. The number of amides is 2. The maximum Gasteiger partial charge on any atom is 0.254 e. The van der Waals surface area contributed by atoms with E-state index >= 15 is 0 Å². The molecule has 2 aromatic rings. The molecule has 0 aliphatic heterocycles. The Morgan fingerprint density at radius 1 is 1.24 bits per heavy atom. The van der Waals surface area contributed by atoms with Crippen molar-refractivity contribution < 1.29 is 14.0 Å². The molecule has 9 heteroatoms. The fourth-order valence-electron chi connectivity index (χ4n) is 3.28. The van der Waals surface area contributed by atoms with Gasteiger partial charge in [0.15, 0.2) is 11.0 Å². The van der Waals surface area contributed by atoms with E-state index in [1.54, 1.807) is 17.7 Å². The summed E-state index contributed by atoms with van der Waals surface area (Å²) < 4.78 is 15.4. The molecule has 1 heterocycles. The van der Waals surface area contributed by atoms with E-state index in [1.165, 1.54) is 36.4 Å². The van der Waals surface area contributed by atoms with Gasteiger partial charge in [-0.1, -0.05) is 43.2 Å². The molecule has 2 amide bonds. The summed E-state index contributed by atoms with van der Waals surface area (Å²) in [5, 5.41) is 14.3. The zero-order valence-electron chi connectivity index (χ0n) is 16.7. The molecule has 156 valence electrons. The van der Waals surface area contributed by atoms with E-state index in [0.29, 0.717) is 11.0 Å². The van der Waals surface area contributed by atoms with E-state index in [-0.39, 0.29) is 29.3 Å². The predicted molar refractivity (Wildman–Crippen MR) is 109 cm³/mol. The highest BCUT2D eigenvalue weighted by atomic mass is 32.2. The number of rotatable bonds is 7. The van der Waals surface area contributed by atoms with Gasteiger partial charge in [-0.05, 0) is 31.9 Å². The second-order valence-electron chi connectivity index (χ2n) is 7.22. The van der Waals surface area contributed by atoms with Crippen LogP contribution in [0.1, 0.15) is 55.2 Å². The number of nitrogens with one attached hydrogen (secondary N) is 2. The number of hydrogen-bond acceptors (Lipinski definition) is 5. The zero-order chi connectivity index (χ0) is 20.8. The summed E-state index contributed by atoms with van der Waals surface area (Å²) in [6, 6.07) is 6.07. The topological polar surface area (TPSA) is 88.9 Å². The molecule has 1 aromatic heterocycles. The van der Waals surface area contributed by atoms with Gasteiger partial charge in [-0.25, -0.2) is 4.39 Å². The maximum absolute atomic E-state index is 13.7. The Labute approximate surface area is 173 Å². The molecule has 1 unspecified atom stereocenters. The van der Waals surface area contributed by atoms with Crippen LogP contribution in [0.5, 0.6) is 0 Å². The van der Waals surface area contributed by atoms with Gasteiger partial charge in [-0.2, -0.15) is 0 Å². The van der Waals surface area contributed by atoms with Crippen LogP contribution in [-0.2, 0) is 18.4 Å². The van der Waals surface area contributed by atoms with Crippen LogP contribution in [0.4, 0.5) is 4.39 Å². The normalized spacial score (nSPS) is 15.7. The zero-order valence-corrected chi connectivity index (χ0v) is 17.5. The second kappa shape index (κ2) is 9.87. The van der Waals surface area contributed by atoms with Crippen LogP contribution < -0.4 is 10.6 Å². The molecular weight excluding hydrogens is 393 g/mol. The van der Waals surface area contributed by atoms with Crippen molar-refractivity contribution in [2.45, 2.75) is 62.0 Å². The fraction of sp³-hybridized carbons (Fsp3) is 0.500. The van der Waals surface area contributed by atoms with E-state index < -0.39 is 11.7 Å². The van der Waals surface area contributed by atoms with Gasteiger partial charge >= 0.3 is 0 Å². The Balaban J connectivity index is 1.54. The minimum absolute atomic E-state index is 0.000643. The van der Waals surface area contributed by atoms with Gasteiger partial charge in [0.25, 0.3) is 5.91 Å². The largest absolute Gasteiger partial charge is 0.352 e. The lowest BCUT2D eigenvalue weighted by atomic mass is 9.95. The Morgan fingerprint density at radius 3 is 2.69 bits per heavy atom. The van der Waals surface area contributed by atoms with Crippen molar-refractivity contribution in [1.82, 2.24) is 25.4 Å². The predicted octanol–water partition coefficient (Wildman–Crippen LogP) is 2.81. The molecule has 0 saturated heterocycles. The molecule has 0 bridgehead atoms. The molecule has 2 N–H and O–H groups in total. The summed E-state index contributed by atoms with van der Waals surface area (Å²) >= 11 is 1.33. The van der Waals surface area contributed by atoms with E-state index in [1.807, 2.05) is 6.92 Å². The van der Waals surface area contributed by atoms with Crippen LogP contribution in [0.3, 0.4) is 0 Å². The first-order chi connectivity index (χ1) is 14.0. The van der Waals surface area contributed by atoms with Crippen molar-refractivity contribution in [3.8, 4) is 0 Å². The van der Waals surface area contributed by atoms with Crippen molar-refractivity contribution in [1.29, 1.82) is 0 Å². The monoisotopic (exact) mass is 419 g/mol. The molecule has 1 atom stereocenters. The van der Waals surface area contributed by atoms with Crippen molar-refractivity contribution in [3.63, 3.8) is 0 Å². The number of nitrogens with zero attached hydrogens (tertiary/aromatic N) is 3. The summed E-state index contributed by atoms with van der Waals surface area (Å²) in [5.74, 6) is -0.561. The fourth-order valence-corrected chi connectivity index (χ4v) is 4.12. The molecule has 3 rings (SSSR count). The van der Waals surface area contributed by atoms with Gasteiger partial charge < -0.3 is 15.2 Å². The molecule has 0 spiro atoms. The smallest absolute Gasteiger partial charge is 0.254 e. The molecule has 29 heavy (non-hydrogen) atoms. The number of carbonyl (C=O) groups excluding carboxylic acids is 2. The van der Waals surface area contributed by atoms with Crippen LogP contribution in [0.25, 0.3) is 0 Å². The molecule has 1 aromatic carbocycles. The minimum Gasteiger partial charge on any atom is -0.352 e. The SMILES string of the molecule is CC(Sc1nnc(CNC(=O)c2ccccc2F)n1C)C(=O)NC1CCCCC1. The van der Waals surface area contributed by atoms with Crippen LogP contribution in [0.2, 0.25) is 0 Å². The lowest BCUT2D eigenvalue weighted by Crippen LogP contribution is -2.40. The third-order valence-corrected chi connectivity index (χ3v) is 6.19. The quantitative estimate of drug-likeness (QED) is 0.674. The Bertz CT molecular complexity index is 866. The lowest BCUT2D eigenvalue weighted by Gasteiger charge is -2.24. The summed E-state index contributed by atoms with van der Waals surface area (Å²) in [7, 11) is 1.78. The van der Waals surface area contributed by atoms with Gasteiger partial charge in [-0.3, -0.25) is 9.59 Å². The summed E-state index contributed by atoms with van der Waals surface area (Å²) in [6.45, 7) is 1.96. The molecule has 1 fully saturated rings. The van der Waals surface area contributed by atoms with Crippen molar-refractivity contribution >= 4 is 23.6 Å². The summed E-state index contributed by atoms with van der Waals surface area (Å²) in [4.78, 5) is 24.6. The number of thioether (sulfide) groups is 1. The first kappa shape index (κ1) is 21.3. The lowest BCUT2D eigenvalue weighted by molar-refractivity contribution is -0.121. The number of hydrogen-bond donors (Lipinski definition) is 2. The highest BCUT2D eigenvalue weighted by Gasteiger charge is 2.22. The van der Waals surface area contributed by atoms with Crippen LogP contribution in [0, 0.1) is 5.82 Å². The Kier molecular flexibility index (Phi) is 7.24. The highest BCUT2D eigenvalue weighted by molar-refractivity contribution is 8.00. The van der Waals surface area contributed by atoms with Crippen molar-refractivity contribution in [2.75, 3.05) is 0 Å². The molecule has 1 aliphatic rings. The molecule has 0 radical (unpaired) electrons. The summed E-state index contributed by atoms with van der Waals surface area (Å²) in [5.41, 5.74) is -0.0164. The standard InChI is InChI=1S/C20H26FN5O2S/c1-13(18(27)23-14-8-4-3-5-9-14)29-20-25-24-17(26(20)2)12-22-19(28)15-10-6-7-11-16(15)21/h6-7,10-11,13-14H,3-5,8-9,12H2,1-2H3,(H,22,28)(H,23,27). The van der Waals surface area contributed by atoms with Crippen molar-refractivity contribution in [2.24, 2.45) is 7.05 Å². The molecule has 1 saturated carbocycles. The highest BCUT2D eigenvalue weighted by Crippen LogP contribution is 2.23. The van der Waals surface area contributed by atoms with E-state index in [0.717, 1.165) is 25.7 Å². The van der Waals surface area contributed by atoms with Crippen LogP contribution in [-0.4, -0.2) is 37.9 Å². The average Bonchev–Trinajstić information content (AvgIpc) is 3.06. The maximum atomic E-state index is 13.7. The minimum atomic E-state index is -0.572. The molecular formula is C20H26FN5O2S. The van der Waals surface area contributed by atoms with Gasteiger partial charge in [-0.15, -0.1) is 10.2 Å². The van der Waals surface area contributed by atoms with Gasteiger partial charge in [0.2, 0.25) is 5.91 Å². The van der Waals surface area contributed by atoms with E-state index in [4.69, 9.17) is 0 Å². The van der Waals surface area contributed by atoms with Gasteiger partial charge in [0, 0.05) is 13.1 Å². The third-order valence-electron chi connectivity index (χ3n) is 5.05. The summed E-state index contributed by atoms with van der Waals surface area (Å²) in [6.07, 6.45) is 5.65. The van der Waals surface area contributed by atoms with E-state index in [2.05, 4.69) is 20.8 Å². The number of carbonyl (C=O) groups is 2. The van der Waals surface area contributed by atoms with E-state index in [9.17, 15) is 14.0 Å². The Morgan fingerprint density at radius 2 is 1.97 bits per heavy atom. The number of benzene rings is 1. The third kappa shape index (κ3) is 5.56. The first-order valence-corrected chi connectivity index (χ1v) is 10.7. The van der Waals surface area contributed by atoms with Crippen molar-refractivity contribution in [3.05, 3.63) is 41.5 Å². The van der Waals surface area contributed by atoms with Gasteiger partial charge in [0.1, 0.15) is 5.82 Å². The van der Waals surface area contributed by atoms with Crippen LogP contribution >= 0.6 is 11.8 Å². The first-order valence-electron chi connectivity index (χ1n) is 9.83.